The number of aromatic nitrogens is 1. The van der Waals surface area contributed by atoms with Crippen LogP contribution in [-0.4, -0.2) is 10.2 Å². The summed E-state index contributed by atoms with van der Waals surface area (Å²) in [7, 11) is 0. The molecule has 0 bridgehead atoms. The van der Waals surface area contributed by atoms with Crippen molar-refractivity contribution in [1.82, 2.24) is 4.98 Å². The van der Waals surface area contributed by atoms with E-state index < -0.39 is 5.24 Å². The molecule has 0 aliphatic rings. The molecular formula is C14H9ClFNO. The van der Waals surface area contributed by atoms with E-state index in [1.165, 1.54) is 12.1 Å². The summed E-state index contributed by atoms with van der Waals surface area (Å²) in [4.78, 5) is 14.7. The smallest absolute Gasteiger partial charge is 0.245 e. The first-order valence-corrected chi connectivity index (χ1v) is 5.63. The van der Waals surface area contributed by atoms with Crippen LogP contribution < -0.4 is 0 Å². The molecule has 0 N–H and O–H groups in total. The van der Waals surface area contributed by atoms with Crippen LogP contribution in [0.4, 0.5) is 4.39 Å². The van der Waals surface area contributed by atoms with Crippen LogP contribution >= 0.6 is 11.6 Å². The number of pyridine rings is 1. The number of carbonyl (C=O) groups excluding carboxylic acids is 1. The molecule has 1 aromatic heterocycles. The minimum absolute atomic E-state index is 0.316. The van der Waals surface area contributed by atoms with Gasteiger partial charge in [0, 0.05) is 11.8 Å². The van der Waals surface area contributed by atoms with Crippen molar-refractivity contribution in [1.29, 1.82) is 0 Å². The van der Waals surface area contributed by atoms with E-state index in [4.69, 9.17) is 11.6 Å². The number of benzene rings is 1. The summed E-state index contributed by atoms with van der Waals surface area (Å²) in [6, 6.07) is 9.86. The molecule has 0 aliphatic carbocycles. The molecule has 0 atom stereocenters. The standard InChI is InChI=1S/C14H9ClFNO/c15-14(18)8-6-10-5-7-13(17-9-10)11-3-1-2-4-12(11)16/h1-9H. The summed E-state index contributed by atoms with van der Waals surface area (Å²) >= 11 is 5.18. The van der Waals surface area contributed by atoms with Crippen LogP contribution in [0.25, 0.3) is 17.3 Å². The van der Waals surface area contributed by atoms with Gasteiger partial charge in [-0.2, -0.15) is 0 Å². The Morgan fingerprint density at radius 1 is 1.22 bits per heavy atom. The van der Waals surface area contributed by atoms with E-state index in [1.54, 1.807) is 42.6 Å². The molecule has 0 saturated carbocycles. The van der Waals surface area contributed by atoms with Gasteiger partial charge in [0.25, 0.3) is 0 Å². The van der Waals surface area contributed by atoms with Crippen molar-refractivity contribution in [2.75, 3.05) is 0 Å². The molecule has 18 heavy (non-hydrogen) atoms. The summed E-state index contributed by atoms with van der Waals surface area (Å²) < 4.78 is 13.5. The van der Waals surface area contributed by atoms with Gasteiger partial charge < -0.3 is 0 Å². The van der Waals surface area contributed by atoms with Crippen molar-refractivity contribution in [2.45, 2.75) is 0 Å². The van der Waals surface area contributed by atoms with Crippen LogP contribution in [0.2, 0.25) is 0 Å². The maximum atomic E-state index is 13.5. The molecule has 0 spiro atoms. The van der Waals surface area contributed by atoms with Gasteiger partial charge in [-0.15, -0.1) is 0 Å². The molecule has 0 unspecified atom stereocenters. The van der Waals surface area contributed by atoms with Crippen molar-refractivity contribution < 1.29 is 9.18 Å². The first kappa shape index (κ1) is 12.5. The molecule has 4 heteroatoms. The highest BCUT2D eigenvalue weighted by atomic mass is 35.5. The molecule has 0 saturated heterocycles. The summed E-state index contributed by atoms with van der Waals surface area (Å²) in [5.41, 5.74) is 1.72. The highest BCUT2D eigenvalue weighted by Crippen LogP contribution is 2.20. The highest BCUT2D eigenvalue weighted by molar-refractivity contribution is 6.66. The normalized spacial score (nSPS) is 10.8. The Morgan fingerprint density at radius 2 is 2.00 bits per heavy atom. The summed E-state index contributed by atoms with van der Waals surface area (Å²) in [6.45, 7) is 0. The Hall–Kier alpha value is -2.00. The fourth-order valence-electron chi connectivity index (χ4n) is 1.49. The predicted octanol–water partition coefficient (Wildman–Crippen LogP) is 3.67. The van der Waals surface area contributed by atoms with Crippen LogP contribution in [0.1, 0.15) is 5.56 Å². The second-order valence-corrected chi connectivity index (χ2v) is 3.97. The molecule has 90 valence electrons. The van der Waals surface area contributed by atoms with E-state index in [0.29, 0.717) is 11.3 Å². The largest absolute Gasteiger partial charge is 0.276 e. The number of nitrogens with zero attached hydrogens (tertiary/aromatic N) is 1. The van der Waals surface area contributed by atoms with Gasteiger partial charge in [0.1, 0.15) is 5.82 Å². The third kappa shape index (κ3) is 3.02. The predicted molar refractivity (Wildman–Crippen MR) is 69.5 cm³/mol. The Balaban J connectivity index is 2.28. The van der Waals surface area contributed by atoms with Crippen molar-refractivity contribution in [2.24, 2.45) is 0 Å². The zero-order valence-electron chi connectivity index (χ0n) is 9.31. The maximum Gasteiger partial charge on any atom is 0.245 e. The molecule has 0 radical (unpaired) electrons. The average Bonchev–Trinajstić information content (AvgIpc) is 2.38. The number of rotatable bonds is 3. The maximum absolute atomic E-state index is 13.5. The number of halogens is 2. The molecular weight excluding hydrogens is 253 g/mol. The Labute approximate surface area is 109 Å². The second kappa shape index (κ2) is 5.56. The van der Waals surface area contributed by atoms with Gasteiger partial charge >= 0.3 is 0 Å². The van der Waals surface area contributed by atoms with Gasteiger partial charge in [-0.25, -0.2) is 4.39 Å². The molecule has 0 aliphatic heterocycles. The first-order chi connectivity index (χ1) is 8.66. The molecule has 1 aromatic carbocycles. The Kier molecular flexibility index (Phi) is 3.85. The van der Waals surface area contributed by atoms with Gasteiger partial charge in [-0.1, -0.05) is 18.2 Å². The van der Waals surface area contributed by atoms with Crippen LogP contribution in [0, 0.1) is 5.82 Å². The van der Waals surface area contributed by atoms with Crippen molar-refractivity contribution in [3.8, 4) is 11.3 Å². The molecule has 2 rings (SSSR count). The lowest BCUT2D eigenvalue weighted by atomic mass is 10.1. The van der Waals surface area contributed by atoms with Gasteiger partial charge in [0.05, 0.1) is 5.69 Å². The van der Waals surface area contributed by atoms with Gasteiger partial charge in [-0.3, -0.25) is 9.78 Å². The van der Waals surface area contributed by atoms with Gasteiger partial charge in [-0.05, 0) is 47.5 Å². The highest BCUT2D eigenvalue weighted by Gasteiger charge is 2.04. The van der Waals surface area contributed by atoms with Crippen LogP contribution in [0.15, 0.2) is 48.7 Å². The quantitative estimate of drug-likeness (QED) is 0.623. The second-order valence-electron chi connectivity index (χ2n) is 3.59. The van der Waals surface area contributed by atoms with Crippen LogP contribution in [0.3, 0.4) is 0 Å². The number of carbonyl (C=O) groups is 1. The average molecular weight is 262 g/mol. The van der Waals surface area contributed by atoms with E-state index in [-0.39, 0.29) is 5.82 Å². The van der Waals surface area contributed by atoms with Crippen molar-refractivity contribution in [3.05, 3.63) is 60.1 Å². The lowest BCUT2D eigenvalue weighted by molar-refractivity contribution is -0.107. The number of allylic oxidation sites excluding steroid dienone is 1. The first-order valence-electron chi connectivity index (χ1n) is 5.25. The third-order valence-electron chi connectivity index (χ3n) is 2.34. The van der Waals surface area contributed by atoms with Crippen molar-refractivity contribution in [3.63, 3.8) is 0 Å². The molecule has 1 heterocycles. The molecule has 2 nitrogen and oxygen atoms in total. The minimum atomic E-state index is -0.548. The van der Waals surface area contributed by atoms with Gasteiger partial charge in [0.2, 0.25) is 5.24 Å². The topological polar surface area (TPSA) is 30.0 Å². The van der Waals surface area contributed by atoms with Crippen molar-refractivity contribution >= 4 is 22.9 Å². The Bertz CT molecular complexity index is 593. The third-order valence-corrected chi connectivity index (χ3v) is 2.47. The van der Waals surface area contributed by atoms with E-state index in [9.17, 15) is 9.18 Å². The Morgan fingerprint density at radius 3 is 2.61 bits per heavy atom. The zero-order chi connectivity index (χ0) is 13.0. The van der Waals surface area contributed by atoms with E-state index in [2.05, 4.69) is 4.98 Å². The monoisotopic (exact) mass is 261 g/mol. The molecule has 2 aromatic rings. The SMILES string of the molecule is O=C(Cl)C=Cc1ccc(-c2ccccc2F)nc1. The fraction of sp³-hybridized carbons (Fsp3) is 0. The fourth-order valence-corrected chi connectivity index (χ4v) is 1.56. The zero-order valence-corrected chi connectivity index (χ0v) is 10.1. The molecule has 0 fully saturated rings. The van der Waals surface area contributed by atoms with Crippen LogP contribution in [0.5, 0.6) is 0 Å². The number of hydrogen-bond donors (Lipinski definition) is 0. The van der Waals surface area contributed by atoms with E-state index >= 15 is 0 Å². The summed E-state index contributed by atoms with van der Waals surface area (Å²) in [5.74, 6) is -0.316. The lowest BCUT2D eigenvalue weighted by Crippen LogP contribution is -1.87. The number of hydrogen-bond acceptors (Lipinski definition) is 2. The minimum Gasteiger partial charge on any atom is -0.276 e. The van der Waals surface area contributed by atoms with E-state index in [0.717, 1.165) is 5.56 Å². The van der Waals surface area contributed by atoms with E-state index in [1.807, 2.05) is 0 Å². The lowest BCUT2D eigenvalue weighted by Gasteiger charge is -2.02. The van der Waals surface area contributed by atoms with Gasteiger partial charge in [0.15, 0.2) is 0 Å². The van der Waals surface area contributed by atoms with Crippen LogP contribution in [-0.2, 0) is 4.79 Å². The summed E-state index contributed by atoms with van der Waals surface area (Å²) in [6.07, 6.45) is 4.34. The summed E-state index contributed by atoms with van der Waals surface area (Å²) in [5, 5.41) is -0.548. The molecule has 0 amide bonds.